The van der Waals surface area contributed by atoms with Gasteiger partial charge in [0.1, 0.15) is 18.3 Å². The number of benzene rings is 2. The lowest BCUT2D eigenvalue weighted by atomic mass is 9.98. The molecule has 35 heavy (non-hydrogen) atoms. The van der Waals surface area contributed by atoms with Crippen LogP contribution in [0.25, 0.3) is 0 Å². The summed E-state index contributed by atoms with van der Waals surface area (Å²) in [5.74, 6) is -1.15. The second-order valence-electron chi connectivity index (χ2n) is 8.29. The lowest BCUT2D eigenvalue weighted by molar-refractivity contribution is -0.294. The van der Waals surface area contributed by atoms with Gasteiger partial charge in [0.2, 0.25) is 6.29 Å². The molecule has 0 amide bonds. The third-order valence-corrected chi connectivity index (χ3v) is 5.13. The van der Waals surface area contributed by atoms with Crippen LogP contribution in [0.4, 0.5) is 0 Å². The molecule has 0 bridgehead atoms. The van der Waals surface area contributed by atoms with Crippen LogP contribution in [0, 0.1) is 0 Å². The number of carbonyl (C=O) groups excluding carboxylic acids is 2. The Kier molecular flexibility index (Phi) is 9.77. The van der Waals surface area contributed by atoms with Gasteiger partial charge < -0.3 is 28.7 Å². The third kappa shape index (κ3) is 8.17. The van der Waals surface area contributed by atoms with Crippen molar-refractivity contribution in [2.75, 3.05) is 14.1 Å². The van der Waals surface area contributed by atoms with Crippen LogP contribution in [0.2, 0.25) is 0 Å². The fourth-order valence-corrected chi connectivity index (χ4v) is 3.64. The summed E-state index contributed by atoms with van der Waals surface area (Å²) in [6.45, 7) is 3.02. The first-order chi connectivity index (χ1) is 16.8. The summed E-state index contributed by atoms with van der Waals surface area (Å²) in [6, 6.07) is 19.2. The number of hydrogen-bond donors (Lipinski definition) is 0. The zero-order valence-corrected chi connectivity index (χ0v) is 20.4. The summed E-state index contributed by atoms with van der Waals surface area (Å²) < 4.78 is 29.6. The van der Waals surface area contributed by atoms with Crippen LogP contribution in [-0.2, 0) is 46.5 Å². The molecule has 1 aliphatic rings. The SMILES string of the molecule is CC(=O)O[C@H]1O[C@@H](/C=N\N(C)C)[C@@H](OCc2ccccc2)[C@@H](OCc2ccccc2)[C@H]1OC(C)=O. The summed E-state index contributed by atoms with van der Waals surface area (Å²) in [6.07, 6.45) is -2.98. The van der Waals surface area contributed by atoms with Gasteiger partial charge >= 0.3 is 11.9 Å². The molecule has 188 valence electrons. The van der Waals surface area contributed by atoms with E-state index in [2.05, 4.69) is 5.10 Å². The van der Waals surface area contributed by atoms with Crippen molar-refractivity contribution in [2.24, 2.45) is 5.10 Å². The molecule has 0 aliphatic carbocycles. The molecule has 0 saturated carbocycles. The van der Waals surface area contributed by atoms with Crippen molar-refractivity contribution in [3.05, 3.63) is 71.8 Å². The first kappa shape index (κ1) is 26.3. The Hall–Kier alpha value is -3.27. The van der Waals surface area contributed by atoms with E-state index >= 15 is 0 Å². The molecule has 9 nitrogen and oxygen atoms in total. The van der Waals surface area contributed by atoms with Crippen molar-refractivity contribution < 1.29 is 33.3 Å². The molecule has 0 aromatic heterocycles. The second kappa shape index (κ2) is 13.0. The van der Waals surface area contributed by atoms with Gasteiger partial charge in [-0.2, -0.15) is 5.10 Å². The first-order valence-corrected chi connectivity index (χ1v) is 11.4. The number of hydrazone groups is 1. The molecule has 2 aromatic rings. The van der Waals surface area contributed by atoms with Crippen LogP contribution in [0.5, 0.6) is 0 Å². The lowest BCUT2D eigenvalue weighted by Crippen LogP contribution is -2.61. The number of carbonyl (C=O) groups is 2. The van der Waals surface area contributed by atoms with E-state index in [1.54, 1.807) is 25.3 Å². The number of nitrogens with zero attached hydrogens (tertiary/aromatic N) is 2. The zero-order valence-electron chi connectivity index (χ0n) is 20.4. The summed E-state index contributed by atoms with van der Waals surface area (Å²) in [4.78, 5) is 23.8. The number of esters is 2. The van der Waals surface area contributed by atoms with Gasteiger partial charge in [0.15, 0.2) is 6.10 Å². The van der Waals surface area contributed by atoms with E-state index < -0.39 is 42.6 Å². The predicted molar refractivity (Wildman–Crippen MR) is 128 cm³/mol. The van der Waals surface area contributed by atoms with E-state index in [-0.39, 0.29) is 13.2 Å². The smallest absolute Gasteiger partial charge is 0.305 e. The van der Waals surface area contributed by atoms with Crippen LogP contribution < -0.4 is 0 Å². The van der Waals surface area contributed by atoms with Crippen molar-refractivity contribution in [2.45, 2.75) is 57.8 Å². The van der Waals surface area contributed by atoms with Crippen molar-refractivity contribution in [3.8, 4) is 0 Å². The Labute approximate surface area is 205 Å². The summed E-state index contributed by atoms with van der Waals surface area (Å²) in [5, 5.41) is 5.91. The molecule has 1 heterocycles. The molecule has 0 unspecified atom stereocenters. The molecule has 2 aromatic carbocycles. The first-order valence-electron chi connectivity index (χ1n) is 11.4. The Bertz CT molecular complexity index is 968. The molecule has 1 saturated heterocycles. The minimum absolute atomic E-state index is 0.221. The molecule has 5 atom stereocenters. The molecular weight excluding hydrogens is 452 g/mol. The number of rotatable bonds is 10. The summed E-state index contributed by atoms with van der Waals surface area (Å²) in [7, 11) is 3.54. The van der Waals surface area contributed by atoms with E-state index in [9.17, 15) is 9.59 Å². The minimum Gasteiger partial charge on any atom is -0.453 e. The highest BCUT2D eigenvalue weighted by Gasteiger charge is 2.50. The normalized spacial score (nSPS) is 24.2. The standard InChI is InChI=1S/C26H32N2O7/c1-18(29)33-25-24(32-17-21-13-9-6-10-14-21)23(31-16-20-11-7-5-8-12-20)22(15-27-28(3)4)35-26(25)34-19(2)30/h5-15,22-26H,16-17H2,1-4H3/b27-15-/t22-,23+,24+,25+,26-/m0/s1. The van der Waals surface area contributed by atoms with Gasteiger partial charge in [0, 0.05) is 27.9 Å². The predicted octanol–water partition coefficient (Wildman–Crippen LogP) is 2.92. The van der Waals surface area contributed by atoms with Gasteiger partial charge in [-0.05, 0) is 11.1 Å². The van der Waals surface area contributed by atoms with Crippen LogP contribution in [0.1, 0.15) is 25.0 Å². The third-order valence-electron chi connectivity index (χ3n) is 5.13. The molecular formula is C26H32N2O7. The minimum atomic E-state index is -1.20. The number of hydrogen-bond acceptors (Lipinski definition) is 9. The van der Waals surface area contributed by atoms with Crippen LogP contribution in [0.15, 0.2) is 65.8 Å². The average Bonchev–Trinajstić information content (AvgIpc) is 2.82. The van der Waals surface area contributed by atoms with E-state index in [4.69, 9.17) is 23.7 Å². The fraction of sp³-hybridized carbons (Fsp3) is 0.423. The molecule has 0 spiro atoms. The van der Waals surface area contributed by atoms with Gasteiger partial charge in [0.25, 0.3) is 0 Å². The lowest BCUT2D eigenvalue weighted by Gasteiger charge is -2.43. The molecule has 3 rings (SSSR count). The average molecular weight is 485 g/mol. The van der Waals surface area contributed by atoms with Crippen molar-refractivity contribution in [3.63, 3.8) is 0 Å². The van der Waals surface area contributed by atoms with Gasteiger partial charge in [-0.25, -0.2) is 0 Å². The van der Waals surface area contributed by atoms with E-state index in [0.717, 1.165) is 11.1 Å². The maximum Gasteiger partial charge on any atom is 0.305 e. The van der Waals surface area contributed by atoms with E-state index in [1.165, 1.54) is 13.8 Å². The van der Waals surface area contributed by atoms with E-state index in [1.807, 2.05) is 60.7 Å². The fourth-order valence-electron chi connectivity index (χ4n) is 3.64. The van der Waals surface area contributed by atoms with Gasteiger partial charge in [-0.3, -0.25) is 9.59 Å². The van der Waals surface area contributed by atoms with Crippen molar-refractivity contribution >= 4 is 18.2 Å². The highest BCUT2D eigenvalue weighted by Crippen LogP contribution is 2.30. The van der Waals surface area contributed by atoms with E-state index in [0.29, 0.717) is 0 Å². The molecule has 0 radical (unpaired) electrons. The van der Waals surface area contributed by atoms with Crippen molar-refractivity contribution in [1.29, 1.82) is 0 Å². The Morgan fingerprint density at radius 3 is 1.83 bits per heavy atom. The van der Waals surface area contributed by atoms with Crippen LogP contribution >= 0.6 is 0 Å². The van der Waals surface area contributed by atoms with Gasteiger partial charge in [0.05, 0.1) is 19.4 Å². The van der Waals surface area contributed by atoms with Crippen molar-refractivity contribution in [1.82, 2.24) is 5.01 Å². The largest absolute Gasteiger partial charge is 0.453 e. The molecule has 1 fully saturated rings. The second-order valence-corrected chi connectivity index (χ2v) is 8.29. The maximum absolute atomic E-state index is 12.0. The molecule has 0 N–H and O–H groups in total. The number of ether oxygens (including phenoxy) is 5. The molecule has 1 aliphatic heterocycles. The van der Waals surface area contributed by atoms with Crippen LogP contribution in [-0.4, -0.2) is 68.0 Å². The summed E-state index contributed by atoms with van der Waals surface area (Å²) in [5.41, 5.74) is 1.87. The molecule has 9 heteroatoms. The Morgan fingerprint density at radius 1 is 0.829 bits per heavy atom. The Morgan fingerprint density at radius 2 is 1.34 bits per heavy atom. The highest BCUT2D eigenvalue weighted by atomic mass is 16.7. The monoisotopic (exact) mass is 484 g/mol. The summed E-state index contributed by atoms with van der Waals surface area (Å²) >= 11 is 0. The Balaban J connectivity index is 1.95. The van der Waals surface area contributed by atoms with Gasteiger partial charge in [-0.1, -0.05) is 60.7 Å². The van der Waals surface area contributed by atoms with Crippen LogP contribution in [0.3, 0.4) is 0 Å². The van der Waals surface area contributed by atoms with Gasteiger partial charge in [-0.15, -0.1) is 0 Å². The quantitative estimate of drug-likeness (QED) is 0.289. The zero-order chi connectivity index (χ0) is 25.2. The topological polar surface area (TPSA) is 95.9 Å². The highest BCUT2D eigenvalue weighted by molar-refractivity contribution is 5.68. The maximum atomic E-state index is 12.0.